The first-order chi connectivity index (χ1) is 8.97. The molecule has 0 bridgehead atoms. The number of carbonyl (C=O) groups excluding carboxylic acids is 1. The molecule has 0 unspecified atom stereocenters. The van der Waals surface area contributed by atoms with Crippen LogP contribution < -0.4 is 0 Å². The lowest BCUT2D eigenvalue weighted by atomic mass is 10.2. The Morgan fingerprint density at radius 2 is 2.00 bits per heavy atom. The van der Waals surface area contributed by atoms with E-state index in [0.29, 0.717) is 31.9 Å². The molecule has 7 heteroatoms. The molecule has 4 nitrogen and oxygen atoms in total. The minimum Gasteiger partial charge on any atom is -0.345 e. The van der Waals surface area contributed by atoms with Crippen molar-refractivity contribution in [2.45, 2.75) is 6.43 Å². The lowest BCUT2D eigenvalue weighted by Crippen LogP contribution is -2.50. The van der Waals surface area contributed by atoms with Gasteiger partial charge in [-0.1, -0.05) is 0 Å². The van der Waals surface area contributed by atoms with Gasteiger partial charge in [0.2, 0.25) is 0 Å². The molecule has 1 amide bonds. The quantitative estimate of drug-likeness (QED) is 0.842. The van der Waals surface area contributed by atoms with E-state index in [4.69, 9.17) is 0 Å². The number of carbonyl (C=O) groups is 1. The predicted octanol–water partition coefficient (Wildman–Crippen LogP) is 1.81. The number of halogens is 3. The smallest absolute Gasteiger partial charge is 0.270 e. The molecule has 0 spiro atoms. The van der Waals surface area contributed by atoms with Crippen LogP contribution in [0.5, 0.6) is 0 Å². The second-order valence-corrected chi connectivity index (χ2v) is 5.55. The summed E-state index contributed by atoms with van der Waals surface area (Å²) in [6.07, 6.45) is -0.494. The van der Waals surface area contributed by atoms with Crippen LogP contribution in [-0.2, 0) is 7.05 Å². The number of amides is 1. The van der Waals surface area contributed by atoms with E-state index in [1.807, 2.05) is 13.2 Å². The summed E-state index contributed by atoms with van der Waals surface area (Å²) >= 11 is 3.33. The first kappa shape index (κ1) is 14.5. The molecule has 106 valence electrons. The first-order valence-electron chi connectivity index (χ1n) is 6.09. The highest BCUT2D eigenvalue weighted by Crippen LogP contribution is 2.16. The lowest BCUT2D eigenvalue weighted by molar-refractivity contribution is 0.0453. The molecule has 0 radical (unpaired) electrons. The molecule has 19 heavy (non-hydrogen) atoms. The largest absolute Gasteiger partial charge is 0.345 e. The van der Waals surface area contributed by atoms with Gasteiger partial charge in [-0.2, -0.15) is 0 Å². The van der Waals surface area contributed by atoms with Crippen molar-refractivity contribution in [2.75, 3.05) is 32.7 Å². The van der Waals surface area contributed by atoms with Gasteiger partial charge in [-0.15, -0.1) is 0 Å². The van der Waals surface area contributed by atoms with Crippen LogP contribution in [0.3, 0.4) is 0 Å². The number of rotatable bonds is 3. The molecule has 1 aliphatic rings. The fraction of sp³-hybridized carbons (Fsp3) is 0.583. The molecule has 1 fully saturated rings. The molecule has 0 aliphatic carbocycles. The van der Waals surface area contributed by atoms with Crippen molar-refractivity contribution in [3.05, 3.63) is 22.4 Å². The molecule has 0 saturated carbocycles. The summed E-state index contributed by atoms with van der Waals surface area (Å²) in [7, 11) is 1.81. The molecule has 2 rings (SSSR count). The minimum atomic E-state index is -2.31. The van der Waals surface area contributed by atoms with E-state index in [1.165, 1.54) is 0 Å². The second kappa shape index (κ2) is 6.00. The lowest BCUT2D eigenvalue weighted by Gasteiger charge is -2.34. The molecular formula is C12H16BrF2N3O. The standard InChI is InChI=1S/C12H16BrF2N3O/c1-16-7-9(13)6-10(16)12(19)18-4-2-17(3-5-18)8-11(14)15/h6-7,11H,2-5,8H2,1H3. The van der Waals surface area contributed by atoms with Crippen molar-refractivity contribution in [2.24, 2.45) is 7.05 Å². The van der Waals surface area contributed by atoms with Crippen molar-refractivity contribution in [3.63, 3.8) is 0 Å². The van der Waals surface area contributed by atoms with Crippen LogP contribution >= 0.6 is 15.9 Å². The number of hydrogen-bond donors (Lipinski definition) is 0. The molecule has 1 aliphatic heterocycles. The van der Waals surface area contributed by atoms with Crippen molar-refractivity contribution < 1.29 is 13.6 Å². The number of alkyl halides is 2. The van der Waals surface area contributed by atoms with Crippen molar-refractivity contribution >= 4 is 21.8 Å². The average molecular weight is 336 g/mol. The molecule has 1 aromatic rings. The van der Waals surface area contributed by atoms with Gasteiger partial charge in [-0.3, -0.25) is 9.69 Å². The summed E-state index contributed by atoms with van der Waals surface area (Å²) in [4.78, 5) is 15.7. The van der Waals surface area contributed by atoms with E-state index in [2.05, 4.69) is 15.9 Å². The van der Waals surface area contributed by atoms with E-state index < -0.39 is 6.43 Å². The molecule has 1 saturated heterocycles. The third kappa shape index (κ3) is 3.54. The number of aryl methyl sites for hydroxylation is 1. The van der Waals surface area contributed by atoms with Crippen LogP contribution in [0.4, 0.5) is 8.78 Å². The maximum Gasteiger partial charge on any atom is 0.270 e. The molecule has 0 aromatic carbocycles. The third-order valence-electron chi connectivity index (χ3n) is 3.25. The molecule has 0 N–H and O–H groups in total. The van der Waals surface area contributed by atoms with Gasteiger partial charge in [0.15, 0.2) is 0 Å². The highest BCUT2D eigenvalue weighted by Gasteiger charge is 2.25. The Bertz CT molecular complexity index is 456. The Labute approximate surface area is 119 Å². The van der Waals surface area contributed by atoms with Crippen molar-refractivity contribution in [3.8, 4) is 0 Å². The summed E-state index contributed by atoms with van der Waals surface area (Å²) in [6.45, 7) is 1.78. The Balaban J connectivity index is 1.94. The third-order valence-corrected chi connectivity index (χ3v) is 3.68. The SMILES string of the molecule is Cn1cc(Br)cc1C(=O)N1CCN(CC(F)F)CC1. The highest BCUT2D eigenvalue weighted by atomic mass is 79.9. The molecule has 1 aromatic heterocycles. The zero-order chi connectivity index (χ0) is 14.0. The fourth-order valence-corrected chi connectivity index (χ4v) is 2.75. The number of hydrogen-bond acceptors (Lipinski definition) is 2. The first-order valence-corrected chi connectivity index (χ1v) is 6.88. The van der Waals surface area contributed by atoms with Gasteiger partial charge in [0.25, 0.3) is 12.3 Å². The molecule has 0 atom stereocenters. The zero-order valence-corrected chi connectivity index (χ0v) is 12.2. The Kier molecular flexibility index (Phi) is 4.57. The number of aromatic nitrogens is 1. The Morgan fingerprint density at radius 3 is 2.47 bits per heavy atom. The van der Waals surface area contributed by atoms with Crippen LogP contribution in [0.2, 0.25) is 0 Å². The van der Waals surface area contributed by atoms with Gasteiger partial charge in [-0.05, 0) is 22.0 Å². The van der Waals surface area contributed by atoms with E-state index in [0.717, 1.165) is 4.47 Å². The summed E-state index contributed by atoms with van der Waals surface area (Å²) in [5.74, 6) is -0.0510. The highest BCUT2D eigenvalue weighted by molar-refractivity contribution is 9.10. The second-order valence-electron chi connectivity index (χ2n) is 4.64. The Morgan fingerprint density at radius 1 is 1.37 bits per heavy atom. The van der Waals surface area contributed by atoms with Crippen LogP contribution in [0.25, 0.3) is 0 Å². The average Bonchev–Trinajstić information content (AvgIpc) is 2.68. The van der Waals surface area contributed by atoms with Crippen molar-refractivity contribution in [1.82, 2.24) is 14.4 Å². The summed E-state index contributed by atoms with van der Waals surface area (Å²) in [5.41, 5.74) is 0.606. The van der Waals surface area contributed by atoms with Crippen LogP contribution in [-0.4, -0.2) is 59.4 Å². The van der Waals surface area contributed by atoms with E-state index in [9.17, 15) is 13.6 Å². The van der Waals surface area contributed by atoms with E-state index in [-0.39, 0.29) is 12.5 Å². The Hall–Kier alpha value is -0.950. The van der Waals surface area contributed by atoms with Gasteiger partial charge in [0.1, 0.15) is 5.69 Å². The summed E-state index contributed by atoms with van der Waals surface area (Å²) in [6, 6.07) is 1.77. The molecule has 2 heterocycles. The van der Waals surface area contributed by atoms with Gasteiger partial charge >= 0.3 is 0 Å². The predicted molar refractivity (Wildman–Crippen MR) is 71.5 cm³/mol. The van der Waals surface area contributed by atoms with Gasteiger partial charge in [0.05, 0.1) is 6.54 Å². The van der Waals surface area contributed by atoms with E-state index >= 15 is 0 Å². The molecular weight excluding hydrogens is 320 g/mol. The monoisotopic (exact) mass is 335 g/mol. The van der Waals surface area contributed by atoms with Gasteiger partial charge in [-0.25, -0.2) is 8.78 Å². The van der Waals surface area contributed by atoms with Crippen molar-refractivity contribution in [1.29, 1.82) is 0 Å². The normalized spacial score (nSPS) is 17.2. The van der Waals surface area contributed by atoms with Crippen LogP contribution in [0.15, 0.2) is 16.7 Å². The fourth-order valence-electron chi connectivity index (χ4n) is 2.23. The summed E-state index contributed by atoms with van der Waals surface area (Å²) in [5, 5.41) is 0. The zero-order valence-electron chi connectivity index (χ0n) is 10.7. The van der Waals surface area contributed by atoms with Crippen LogP contribution in [0, 0.1) is 0 Å². The maximum absolute atomic E-state index is 12.3. The topological polar surface area (TPSA) is 28.5 Å². The van der Waals surface area contributed by atoms with E-state index in [1.54, 1.807) is 20.4 Å². The minimum absolute atomic E-state index is 0.0510. The van der Waals surface area contributed by atoms with Gasteiger partial charge in [0, 0.05) is 43.9 Å². The number of piperazine rings is 1. The van der Waals surface area contributed by atoms with Crippen LogP contribution in [0.1, 0.15) is 10.5 Å². The maximum atomic E-state index is 12.3. The summed E-state index contributed by atoms with van der Waals surface area (Å²) < 4.78 is 27.1. The van der Waals surface area contributed by atoms with Gasteiger partial charge < -0.3 is 9.47 Å². The number of nitrogens with zero attached hydrogens (tertiary/aromatic N) is 3.